The third-order valence-corrected chi connectivity index (χ3v) is 0.980. The number of nitrogens with two attached hydrogens (primary N) is 1. The molecule has 0 unspecified atom stereocenters. The molecule has 0 amide bonds. The van der Waals surface area contributed by atoms with Gasteiger partial charge in [-0.1, -0.05) is 0 Å². The van der Waals surface area contributed by atoms with Crippen molar-refractivity contribution in [2.24, 2.45) is 5.14 Å². The van der Waals surface area contributed by atoms with Crippen LogP contribution in [0.2, 0.25) is 0 Å². The number of hydrogen-bond acceptors (Lipinski definition) is 3. The van der Waals surface area contributed by atoms with Crippen LogP contribution >= 0.6 is 0 Å². The molecule has 0 heterocycles. The molecule has 0 radical (unpaired) electrons. The van der Waals surface area contributed by atoms with Crippen molar-refractivity contribution in [2.75, 3.05) is 0 Å². The van der Waals surface area contributed by atoms with E-state index >= 15 is 0 Å². The first-order chi connectivity index (χ1) is 3.42. The molecule has 52 valence electrons. The summed E-state index contributed by atoms with van der Waals surface area (Å²) in [6.45, 7) is 3.18. The Balaban J connectivity index is -0.000000245. The van der Waals surface area contributed by atoms with Crippen LogP contribution < -0.4 is 34.7 Å². The van der Waals surface area contributed by atoms with E-state index in [9.17, 15) is 8.42 Å². The zero-order valence-corrected chi connectivity index (χ0v) is 8.60. The van der Waals surface area contributed by atoms with Gasteiger partial charge in [0.1, 0.15) is 0 Å². The zero-order chi connectivity index (χ0) is 6.78. The van der Waals surface area contributed by atoms with Gasteiger partial charge in [0.2, 0.25) is 0 Å². The normalized spacial score (nSPS) is 11.1. The van der Waals surface area contributed by atoms with E-state index < -0.39 is 10.3 Å². The fourth-order valence-electron chi connectivity index (χ4n) is 0.268. The van der Waals surface area contributed by atoms with Crippen LogP contribution in [0.5, 0.6) is 0 Å². The summed E-state index contributed by atoms with van der Waals surface area (Å²) in [7, 11) is -3.72. The van der Waals surface area contributed by atoms with E-state index in [-0.39, 0.29) is 37.1 Å². The molecule has 0 aliphatic rings. The van der Waals surface area contributed by atoms with Gasteiger partial charge in [0.05, 0.1) is 6.10 Å². The topological polar surface area (TPSA) is 69.4 Å². The Hall–Kier alpha value is 0.870. The molecule has 0 atom stereocenters. The predicted octanol–water partition coefficient (Wildman–Crippen LogP) is -3.27. The van der Waals surface area contributed by atoms with E-state index in [2.05, 4.69) is 9.32 Å². The van der Waals surface area contributed by atoms with Crippen molar-refractivity contribution in [3.63, 3.8) is 0 Å². The van der Waals surface area contributed by atoms with Gasteiger partial charge in [0, 0.05) is 0 Å². The van der Waals surface area contributed by atoms with Gasteiger partial charge in [0.15, 0.2) is 0 Å². The molecule has 0 saturated heterocycles. The molecule has 2 N–H and O–H groups in total. The van der Waals surface area contributed by atoms with Crippen molar-refractivity contribution in [1.29, 1.82) is 0 Å². The molecule has 0 aromatic carbocycles. The molecule has 0 aliphatic carbocycles. The Kier molecular flexibility index (Phi) is 6.48. The van der Waals surface area contributed by atoms with Crippen LogP contribution in [-0.2, 0) is 14.5 Å². The van der Waals surface area contributed by atoms with Gasteiger partial charge in [-0.15, -0.1) is 0 Å². The summed E-state index contributed by atoms with van der Waals surface area (Å²) in [5.74, 6) is 0. The van der Waals surface area contributed by atoms with Crippen LogP contribution in [0.3, 0.4) is 0 Å². The van der Waals surface area contributed by atoms with Crippen molar-refractivity contribution in [3.05, 3.63) is 0 Å². The molecule has 0 aromatic heterocycles. The second kappa shape index (κ2) is 4.65. The summed E-state index contributed by atoms with van der Waals surface area (Å²) in [4.78, 5) is 0. The second-order valence-corrected chi connectivity index (χ2v) is 2.82. The zero-order valence-electron chi connectivity index (χ0n) is 6.79. The summed E-state index contributed by atoms with van der Waals surface area (Å²) in [5, 5.41) is 4.49. The van der Waals surface area contributed by atoms with E-state index in [4.69, 9.17) is 0 Å². The molecule has 0 saturated carbocycles. The van der Waals surface area contributed by atoms with E-state index in [0.29, 0.717) is 0 Å². The molecule has 0 rings (SSSR count). The first kappa shape index (κ1) is 12.5. The first-order valence-electron chi connectivity index (χ1n) is 2.13. The van der Waals surface area contributed by atoms with Crippen LogP contribution in [0.1, 0.15) is 15.3 Å². The molecule has 0 bridgehead atoms. The summed E-state index contributed by atoms with van der Waals surface area (Å²) in [6, 6.07) is 0. The SMILES string of the molecule is CC(C)OS(N)(=O)=O.[H-].[Na+]. The van der Waals surface area contributed by atoms with E-state index in [1.54, 1.807) is 13.8 Å². The van der Waals surface area contributed by atoms with Crippen molar-refractivity contribution >= 4 is 10.3 Å². The van der Waals surface area contributed by atoms with Crippen molar-refractivity contribution in [3.8, 4) is 0 Å². The van der Waals surface area contributed by atoms with Crippen molar-refractivity contribution in [1.82, 2.24) is 0 Å². The first-order valence-corrected chi connectivity index (χ1v) is 3.60. The molecule has 0 fully saturated rings. The largest absolute Gasteiger partial charge is 1.00 e. The van der Waals surface area contributed by atoms with Gasteiger partial charge in [0.25, 0.3) is 0 Å². The fourth-order valence-corrected chi connectivity index (χ4v) is 0.805. The maximum atomic E-state index is 10.00. The molecule has 6 heteroatoms. The third-order valence-electron chi connectivity index (χ3n) is 0.327. The third kappa shape index (κ3) is 12.1. The summed E-state index contributed by atoms with van der Waals surface area (Å²) >= 11 is 0. The van der Waals surface area contributed by atoms with Gasteiger partial charge in [-0.25, -0.2) is 5.14 Å². The van der Waals surface area contributed by atoms with Gasteiger partial charge < -0.3 is 1.43 Å². The fraction of sp³-hybridized carbons (Fsp3) is 1.00. The van der Waals surface area contributed by atoms with Crippen molar-refractivity contribution < 1.29 is 43.6 Å². The molecule has 0 spiro atoms. The Bertz CT molecular complexity index is 157. The Labute approximate surface area is 78.8 Å². The smallest absolute Gasteiger partial charge is 1.00 e. The quantitative estimate of drug-likeness (QED) is 0.434. The van der Waals surface area contributed by atoms with E-state index in [1.165, 1.54) is 0 Å². The molecular formula is C3H10NNaO3S. The average Bonchev–Trinajstić information content (AvgIpc) is 1.21. The minimum Gasteiger partial charge on any atom is -1.00 e. The van der Waals surface area contributed by atoms with Gasteiger partial charge in [-0.05, 0) is 13.8 Å². The Morgan fingerprint density at radius 1 is 1.56 bits per heavy atom. The van der Waals surface area contributed by atoms with E-state index in [0.717, 1.165) is 0 Å². The second-order valence-electron chi connectivity index (χ2n) is 1.64. The molecule has 9 heavy (non-hydrogen) atoms. The van der Waals surface area contributed by atoms with Crippen LogP contribution in [0, 0.1) is 0 Å². The van der Waals surface area contributed by atoms with Gasteiger partial charge >= 0.3 is 39.9 Å². The van der Waals surface area contributed by atoms with Crippen LogP contribution in [0.15, 0.2) is 0 Å². The minimum absolute atomic E-state index is 0. The van der Waals surface area contributed by atoms with Crippen LogP contribution in [0.4, 0.5) is 0 Å². The summed E-state index contributed by atoms with van der Waals surface area (Å²) < 4.78 is 24.2. The van der Waals surface area contributed by atoms with Gasteiger partial charge in [-0.3, -0.25) is 4.18 Å². The molecule has 4 nitrogen and oxygen atoms in total. The maximum Gasteiger partial charge on any atom is 1.00 e. The number of hydrogen-bond donors (Lipinski definition) is 1. The minimum atomic E-state index is -3.72. The monoisotopic (exact) mass is 163 g/mol. The van der Waals surface area contributed by atoms with Crippen molar-refractivity contribution in [2.45, 2.75) is 20.0 Å². The van der Waals surface area contributed by atoms with E-state index in [1.807, 2.05) is 0 Å². The number of rotatable bonds is 2. The molecule has 0 aromatic rings. The maximum absolute atomic E-state index is 10.00. The average molecular weight is 163 g/mol. The van der Waals surface area contributed by atoms with Crippen LogP contribution in [-0.4, -0.2) is 14.5 Å². The Morgan fingerprint density at radius 3 is 1.89 bits per heavy atom. The Morgan fingerprint density at radius 2 is 1.89 bits per heavy atom. The molecule has 0 aliphatic heterocycles. The molecular weight excluding hydrogens is 153 g/mol. The van der Waals surface area contributed by atoms with Gasteiger partial charge in [-0.2, -0.15) is 8.42 Å². The summed E-state index contributed by atoms with van der Waals surface area (Å²) in [5.41, 5.74) is 0. The van der Waals surface area contributed by atoms with Crippen LogP contribution in [0.25, 0.3) is 0 Å². The predicted molar refractivity (Wildman–Crippen MR) is 30.4 cm³/mol. The standard InChI is InChI=1S/C3H9NO3S.Na.H/c1-3(2)7-8(4,5)6;;/h3H,1-2H3,(H2,4,5,6);;/q;+1;-1. The summed E-state index contributed by atoms with van der Waals surface area (Å²) in [6.07, 6.45) is -0.370.